The Morgan fingerprint density at radius 3 is 2.77 bits per heavy atom. The second-order valence-corrected chi connectivity index (χ2v) is 4.83. The predicted molar refractivity (Wildman–Crippen MR) is 50.6 cm³/mol. The summed E-state index contributed by atoms with van der Waals surface area (Å²) in [5, 5.41) is 12.3. The van der Waals surface area contributed by atoms with Crippen LogP contribution in [0.3, 0.4) is 0 Å². The van der Waals surface area contributed by atoms with Gasteiger partial charge in [-0.3, -0.25) is 0 Å². The SMILES string of the molecule is CC1(C)COCC1(O)c1cscn1. The van der Waals surface area contributed by atoms with Gasteiger partial charge in [0.2, 0.25) is 0 Å². The van der Waals surface area contributed by atoms with Gasteiger partial charge in [-0.2, -0.15) is 0 Å². The first-order valence-corrected chi connectivity index (χ1v) is 5.19. The van der Waals surface area contributed by atoms with E-state index in [1.54, 1.807) is 5.51 Å². The molecule has 4 heteroatoms. The molecule has 1 aromatic heterocycles. The highest BCUT2D eigenvalue weighted by Gasteiger charge is 2.51. The fraction of sp³-hybridized carbons (Fsp3) is 0.667. The normalized spacial score (nSPS) is 32.2. The Labute approximate surface area is 81.4 Å². The topological polar surface area (TPSA) is 42.4 Å². The van der Waals surface area contributed by atoms with Gasteiger partial charge >= 0.3 is 0 Å². The summed E-state index contributed by atoms with van der Waals surface area (Å²) in [6.07, 6.45) is 0. The molecule has 0 bridgehead atoms. The minimum atomic E-state index is -0.910. The van der Waals surface area contributed by atoms with E-state index in [0.29, 0.717) is 13.2 Å². The fourth-order valence-corrected chi connectivity index (χ4v) is 2.23. The van der Waals surface area contributed by atoms with Crippen LogP contribution in [-0.4, -0.2) is 23.3 Å². The first-order valence-electron chi connectivity index (χ1n) is 4.25. The van der Waals surface area contributed by atoms with Gasteiger partial charge in [0.1, 0.15) is 5.60 Å². The molecule has 3 nitrogen and oxygen atoms in total. The zero-order valence-corrected chi connectivity index (χ0v) is 8.60. The number of hydrogen-bond donors (Lipinski definition) is 1. The molecule has 1 atom stereocenters. The monoisotopic (exact) mass is 199 g/mol. The summed E-state index contributed by atoms with van der Waals surface area (Å²) in [6, 6.07) is 0. The molecule has 13 heavy (non-hydrogen) atoms. The molecule has 0 spiro atoms. The summed E-state index contributed by atoms with van der Waals surface area (Å²) < 4.78 is 5.31. The van der Waals surface area contributed by atoms with Gasteiger partial charge in [-0.05, 0) is 0 Å². The Morgan fingerprint density at radius 2 is 2.31 bits per heavy atom. The van der Waals surface area contributed by atoms with Crippen molar-refractivity contribution in [1.82, 2.24) is 4.98 Å². The Hall–Kier alpha value is -0.450. The van der Waals surface area contributed by atoms with Crippen molar-refractivity contribution in [3.8, 4) is 0 Å². The van der Waals surface area contributed by atoms with Crippen molar-refractivity contribution in [2.75, 3.05) is 13.2 Å². The van der Waals surface area contributed by atoms with Gasteiger partial charge in [0, 0.05) is 10.8 Å². The largest absolute Gasteiger partial charge is 0.380 e. The van der Waals surface area contributed by atoms with Crippen molar-refractivity contribution in [3.05, 3.63) is 16.6 Å². The number of aliphatic hydroxyl groups is 1. The van der Waals surface area contributed by atoms with E-state index in [1.165, 1.54) is 11.3 Å². The van der Waals surface area contributed by atoms with Crippen LogP contribution >= 0.6 is 11.3 Å². The number of thiazole rings is 1. The van der Waals surface area contributed by atoms with E-state index in [0.717, 1.165) is 5.69 Å². The molecule has 1 unspecified atom stereocenters. The lowest BCUT2D eigenvalue weighted by Crippen LogP contribution is -2.41. The van der Waals surface area contributed by atoms with Crippen LogP contribution in [0.5, 0.6) is 0 Å². The quantitative estimate of drug-likeness (QED) is 0.743. The molecule has 1 saturated heterocycles. The summed E-state index contributed by atoms with van der Waals surface area (Å²) in [5.74, 6) is 0. The highest BCUT2D eigenvalue weighted by atomic mass is 32.1. The van der Waals surface area contributed by atoms with Crippen molar-refractivity contribution < 1.29 is 9.84 Å². The van der Waals surface area contributed by atoms with Crippen molar-refractivity contribution in [1.29, 1.82) is 0 Å². The third-order valence-electron chi connectivity index (χ3n) is 2.75. The smallest absolute Gasteiger partial charge is 0.138 e. The minimum Gasteiger partial charge on any atom is -0.380 e. The van der Waals surface area contributed by atoms with Gasteiger partial charge in [-0.15, -0.1) is 11.3 Å². The van der Waals surface area contributed by atoms with Gasteiger partial charge in [-0.25, -0.2) is 4.98 Å². The minimum absolute atomic E-state index is 0.249. The molecule has 2 heterocycles. The van der Waals surface area contributed by atoms with Crippen molar-refractivity contribution in [2.45, 2.75) is 19.4 Å². The van der Waals surface area contributed by atoms with Gasteiger partial charge < -0.3 is 9.84 Å². The molecule has 0 aliphatic carbocycles. The van der Waals surface area contributed by atoms with Gasteiger partial charge in [0.15, 0.2) is 0 Å². The molecule has 72 valence electrons. The number of hydrogen-bond acceptors (Lipinski definition) is 4. The second-order valence-electron chi connectivity index (χ2n) is 4.11. The Kier molecular flexibility index (Phi) is 1.94. The van der Waals surface area contributed by atoms with Crippen LogP contribution < -0.4 is 0 Å². The lowest BCUT2D eigenvalue weighted by atomic mass is 9.76. The molecular weight excluding hydrogens is 186 g/mol. The number of nitrogens with zero attached hydrogens (tertiary/aromatic N) is 1. The van der Waals surface area contributed by atoms with Crippen molar-refractivity contribution in [2.24, 2.45) is 5.41 Å². The van der Waals surface area contributed by atoms with E-state index in [1.807, 2.05) is 19.2 Å². The maximum atomic E-state index is 10.4. The van der Waals surface area contributed by atoms with Crippen LogP contribution in [0.1, 0.15) is 19.5 Å². The molecule has 1 aliphatic heterocycles. The summed E-state index contributed by atoms with van der Waals surface area (Å²) in [5.41, 5.74) is 1.32. The van der Waals surface area contributed by atoms with E-state index >= 15 is 0 Å². The first-order chi connectivity index (χ1) is 6.06. The summed E-state index contributed by atoms with van der Waals surface area (Å²) in [4.78, 5) is 4.15. The van der Waals surface area contributed by atoms with Crippen LogP contribution in [0.4, 0.5) is 0 Å². The molecule has 0 amide bonds. The third-order valence-corrected chi connectivity index (χ3v) is 3.34. The predicted octanol–water partition coefficient (Wildman–Crippen LogP) is 1.39. The lowest BCUT2D eigenvalue weighted by molar-refractivity contribution is -0.0414. The number of rotatable bonds is 1. The number of ether oxygens (including phenoxy) is 1. The van der Waals surface area contributed by atoms with Crippen LogP contribution in [-0.2, 0) is 10.3 Å². The molecule has 0 aromatic carbocycles. The van der Waals surface area contributed by atoms with E-state index in [2.05, 4.69) is 4.98 Å². The Balaban J connectivity index is 2.40. The molecule has 1 N–H and O–H groups in total. The van der Waals surface area contributed by atoms with Gasteiger partial charge in [-0.1, -0.05) is 13.8 Å². The zero-order valence-electron chi connectivity index (χ0n) is 7.78. The molecule has 2 rings (SSSR count). The van der Waals surface area contributed by atoms with Gasteiger partial charge in [0.05, 0.1) is 24.4 Å². The molecule has 1 fully saturated rings. The van der Waals surface area contributed by atoms with E-state index in [9.17, 15) is 5.11 Å². The maximum Gasteiger partial charge on any atom is 0.138 e. The highest BCUT2D eigenvalue weighted by Crippen LogP contribution is 2.44. The summed E-state index contributed by atoms with van der Waals surface area (Å²) in [7, 11) is 0. The number of aromatic nitrogens is 1. The summed E-state index contributed by atoms with van der Waals surface area (Å²) in [6.45, 7) is 4.93. The maximum absolute atomic E-state index is 10.4. The van der Waals surface area contributed by atoms with E-state index < -0.39 is 5.60 Å². The second kappa shape index (κ2) is 2.77. The molecular formula is C9H13NO2S. The third kappa shape index (κ3) is 1.21. The first kappa shape index (κ1) is 9.12. The zero-order chi connectivity index (χ0) is 9.53. The fourth-order valence-electron chi connectivity index (χ4n) is 1.61. The lowest BCUT2D eigenvalue weighted by Gasteiger charge is -2.32. The average Bonchev–Trinajstić information content (AvgIpc) is 2.61. The van der Waals surface area contributed by atoms with Crippen LogP contribution in [0.2, 0.25) is 0 Å². The van der Waals surface area contributed by atoms with Crippen molar-refractivity contribution >= 4 is 11.3 Å². The van der Waals surface area contributed by atoms with Crippen LogP contribution in [0, 0.1) is 5.41 Å². The van der Waals surface area contributed by atoms with E-state index in [4.69, 9.17) is 4.74 Å². The summed E-state index contributed by atoms with van der Waals surface area (Å²) >= 11 is 1.50. The molecule has 1 aromatic rings. The van der Waals surface area contributed by atoms with Gasteiger partial charge in [0.25, 0.3) is 0 Å². The van der Waals surface area contributed by atoms with E-state index in [-0.39, 0.29) is 5.41 Å². The molecule has 0 radical (unpaired) electrons. The average molecular weight is 199 g/mol. The molecule has 0 saturated carbocycles. The van der Waals surface area contributed by atoms with Crippen LogP contribution in [0.15, 0.2) is 10.9 Å². The Bertz CT molecular complexity index is 297. The molecule has 1 aliphatic rings. The standard InChI is InChI=1S/C9H13NO2S/c1-8(2)4-12-5-9(8,11)7-3-13-6-10-7/h3,6,11H,4-5H2,1-2H3. The van der Waals surface area contributed by atoms with Crippen molar-refractivity contribution in [3.63, 3.8) is 0 Å². The Morgan fingerprint density at radius 1 is 1.54 bits per heavy atom. The highest BCUT2D eigenvalue weighted by molar-refractivity contribution is 7.07. The van der Waals surface area contributed by atoms with Crippen LogP contribution in [0.25, 0.3) is 0 Å².